The minimum atomic E-state index is 0.407. The van der Waals surface area contributed by atoms with Crippen LogP contribution in [-0.4, -0.2) is 30.6 Å². The summed E-state index contributed by atoms with van der Waals surface area (Å²) in [5.41, 5.74) is 2.34. The van der Waals surface area contributed by atoms with E-state index >= 15 is 0 Å². The third kappa shape index (κ3) is 2.89. The Bertz CT molecular complexity index is 409. The number of hydrogen-bond donors (Lipinski definition) is 1. The quantitative estimate of drug-likeness (QED) is 0.864. The summed E-state index contributed by atoms with van der Waals surface area (Å²) in [7, 11) is 4.22. The lowest BCUT2D eigenvalue weighted by Crippen LogP contribution is -2.24. The summed E-state index contributed by atoms with van der Waals surface area (Å²) in [6, 6.07) is 7.67. The smallest absolute Gasteiger partial charge is 0.123 e. The standard InChI is InChI=1S/C15H21NO/c1-16(2)11-12-7-3-4-8-13(12)14-9-5-6-10-15(14)17/h5-6,8-10,12,17H,3-4,7,11H2,1-2H3/t12-/m0/s1. The van der Waals surface area contributed by atoms with Crippen LogP contribution in [0.1, 0.15) is 24.8 Å². The fourth-order valence-electron chi connectivity index (χ4n) is 2.62. The Balaban J connectivity index is 2.28. The van der Waals surface area contributed by atoms with Crippen molar-refractivity contribution in [3.63, 3.8) is 0 Å². The fraction of sp³-hybridized carbons (Fsp3) is 0.467. The van der Waals surface area contributed by atoms with Gasteiger partial charge in [0, 0.05) is 12.1 Å². The van der Waals surface area contributed by atoms with Crippen molar-refractivity contribution in [3.8, 4) is 5.75 Å². The van der Waals surface area contributed by atoms with Crippen molar-refractivity contribution in [2.75, 3.05) is 20.6 Å². The fourth-order valence-corrected chi connectivity index (χ4v) is 2.62. The summed E-state index contributed by atoms with van der Waals surface area (Å²) < 4.78 is 0. The van der Waals surface area contributed by atoms with Gasteiger partial charge in [-0.1, -0.05) is 24.3 Å². The molecule has 0 saturated carbocycles. The predicted molar refractivity (Wildman–Crippen MR) is 72.0 cm³/mol. The van der Waals surface area contributed by atoms with Gasteiger partial charge < -0.3 is 10.0 Å². The minimum absolute atomic E-state index is 0.407. The van der Waals surface area contributed by atoms with Crippen molar-refractivity contribution in [3.05, 3.63) is 35.9 Å². The molecular weight excluding hydrogens is 210 g/mol. The first-order valence-corrected chi connectivity index (χ1v) is 6.31. The third-order valence-electron chi connectivity index (χ3n) is 3.36. The van der Waals surface area contributed by atoms with Crippen molar-refractivity contribution < 1.29 is 5.11 Å². The van der Waals surface area contributed by atoms with Crippen molar-refractivity contribution in [1.29, 1.82) is 0 Å². The zero-order valence-electron chi connectivity index (χ0n) is 10.7. The summed E-state index contributed by atoms with van der Waals surface area (Å²) in [5, 5.41) is 9.96. The molecule has 0 spiro atoms. The van der Waals surface area contributed by atoms with E-state index in [1.54, 1.807) is 6.07 Å². The van der Waals surface area contributed by atoms with Gasteiger partial charge in [-0.2, -0.15) is 0 Å². The highest BCUT2D eigenvalue weighted by Crippen LogP contribution is 2.36. The second-order valence-electron chi connectivity index (χ2n) is 5.07. The average Bonchev–Trinajstić information content (AvgIpc) is 2.30. The molecule has 0 unspecified atom stereocenters. The van der Waals surface area contributed by atoms with E-state index < -0.39 is 0 Å². The van der Waals surface area contributed by atoms with Gasteiger partial charge in [0.1, 0.15) is 5.75 Å². The molecule has 0 bridgehead atoms. The minimum Gasteiger partial charge on any atom is -0.507 e. The largest absolute Gasteiger partial charge is 0.507 e. The maximum absolute atomic E-state index is 9.96. The van der Waals surface area contributed by atoms with Crippen LogP contribution in [0.2, 0.25) is 0 Å². The van der Waals surface area contributed by atoms with Crippen molar-refractivity contribution in [1.82, 2.24) is 4.90 Å². The lowest BCUT2D eigenvalue weighted by atomic mass is 9.83. The van der Waals surface area contributed by atoms with E-state index in [0.29, 0.717) is 11.7 Å². The van der Waals surface area contributed by atoms with Gasteiger partial charge in [0.25, 0.3) is 0 Å². The van der Waals surface area contributed by atoms with Gasteiger partial charge in [0.2, 0.25) is 0 Å². The molecule has 1 aliphatic carbocycles. The molecule has 1 aliphatic rings. The average molecular weight is 231 g/mol. The normalized spacial score (nSPS) is 20.4. The van der Waals surface area contributed by atoms with Gasteiger partial charge in [0.15, 0.2) is 0 Å². The number of rotatable bonds is 3. The van der Waals surface area contributed by atoms with E-state index in [4.69, 9.17) is 0 Å². The number of para-hydroxylation sites is 1. The van der Waals surface area contributed by atoms with E-state index in [1.165, 1.54) is 18.4 Å². The Morgan fingerprint density at radius 2 is 2.06 bits per heavy atom. The third-order valence-corrected chi connectivity index (χ3v) is 3.36. The van der Waals surface area contributed by atoms with Crippen LogP contribution in [0, 0.1) is 5.92 Å². The van der Waals surface area contributed by atoms with Crippen LogP contribution in [-0.2, 0) is 0 Å². The maximum atomic E-state index is 9.96. The summed E-state index contributed by atoms with van der Waals surface area (Å²) in [6.45, 7) is 1.06. The number of aromatic hydroxyl groups is 1. The van der Waals surface area contributed by atoms with Crippen molar-refractivity contribution >= 4 is 5.57 Å². The second-order valence-corrected chi connectivity index (χ2v) is 5.07. The Kier molecular flexibility index (Phi) is 3.85. The highest BCUT2D eigenvalue weighted by Gasteiger charge is 2.21. The molecule has 0 radical (unpaired) electrons. The lowest BCUT2D eigenvalue weighted by Gasteiger charge is -2.27. The first-order valence-electron chi connectivity index (χ1n) is 6.31. The molecule has 0 fully saturated rings. The lowest BCUT2D eigenvalue weighted by molar-refractivity contribution is 0.346. The summed E-state index contributed by atoms with van der Waals surface area (Å²) >= 11 is 0. The van der Waals surface area contributed by atoms with Crippen LogP contribution in [0.4, 0.5) is 0 Å². The number of phenols is 1. The molecule has 92 valence electrons. The molecule has 2 heteroatoms. The molecule has 2 nitrogen and oxygen atoms in total. The van der Waals surface area contributed by atoms with E-state index in [1.807, 2.05) is 18.2 Å². The zero-order valence-corrected chi connectivity index (χ0v) is 10.7. The second kappa shape index (κ2) is 5.37. The number of phenolic OH excluding ortho intramolecular Hbond substituents is 1. The predicted octanol–water partition coefficient (Wildman–Crippen LogP) is 3.14. The van der Waals surface area contributed by atoms with Gasteiger partial charge >= 0.3 is 0 Å². The highest BCUT2D eigenvalue weighted by molar-refractivity contribution is 5.72. The summed E-state index contributed by atoms with van der Waals surface area (Å²) in [6.07, 6.45) is 5.91. The van der Waals surface area contributed by atoms with Gasteiger partial charge in [-0.25, -0.2) is 0 Å². The number of hydrogen-bond acceptors (Lipinski definition) is 2. The monoisotopic (exact) mass is 231 g/mol. The van der Waals surface area contributed by atoms with Gasteiger partial charge in [-0.15, -0.1) is 0 Å². The molecule has 1 N–H and O–H groups in total. The van der Waals surface area contributed by atoms with Gasteiger partial charge in [-0.05, 0) is 50.9 Å². The Hall–Kier alpha value is -1.28. The molecular formula is C15H21NO. The van der Waals surface area contributed by atoms with Gasteiger partial charge in [-0.3, -0.25) is 0 Å². The van der Waals surface area contributed by atoms with Crippen LogP contribution in [0.5, 0.6) is 5.75 Å². The summed E-state index contributed by atoms with van der Waals surface area (Å²) in [4.78, 5) is 2.23. The van der Waals surface area contributed by atoms with E-state index in [2.05, 4.69) is 25.1 Å². The number of nitrogens with zero attached hydrogens (tertiary/aromatic N) is 1. The van der Waals surface area contributed by atoms with Crippen LogP contribution < -0.4 is 0 Å². The van der Waals surface area contributed by atoms with E-state index in [0.717, 1.165) is 18.5 Å². The molecule has 2 rings (SSSR count). The van der Waals surface area contributed by atoms with Gasteiger partial charge in [0.05, 0.1) is 0 Å². The van der Waals surface area contributed by atoms with E-state index in [-0.39, 0.29) is 0 Å². The molecule has 0 aromatic heterocycles. The molecule has 0 amide bonds. The van der Waals surface area contributed by atoms with Crippen LogP contribution in [0.3, 0.4) is 0 Å². The van der Waals surface area contributed by atoms with Crippen molar-refractivity contribution in [2.45, 2.75) is 19.3 Å². The molecule has 1 aromatic carbocycles. The molecule has 0 heterocycles. The Morgan fingerprint density at radius 3 is 2.76 bits per heavy atom. The highest BCUT2D eigenvalue weighted by atomic mass is 16.3. The Labute approximate surface area is 104 Å². The number of benzene rings is 1. The first kappa shape index (κ1) is 12.2. The summed E-state index contributed by atoms with van der Waals surface area (Å²) in [5.74, 6) is 0.955. The zero-order chi connectivity index (χ0) is 12.3. The maximum Gasteiger partial charge on any atom is 0.123 e. The molecule has 0 saturated heterocycles. The van der Waals surface area contributed by atoms with Crippen LogP contribution in [0.25, 0.3) is 5.57 Å². The van der Waals surface area contributed by atoms with Crippen LogP contribution in [0.15, 0.2) is 30.3 Å². The van der Waals surface area contributed by atoms with Crippen LogP contribution >= 0.6 is 0 Å². The SMILES string of the molecule is CN(C)C[C@@H]1CCCC=C1c1ccccc1O. The molecule has 17 heavy (non-hydrogen) atoms. The molecule has 1 atom stereocenters. The topological polar surface area (TPSA) is 23.5 Å². The van der Waals surface area contributed by atoms with Crippen molar-refractivity contribution in [2.24, 2.45) is 5.92 Å². The Morgan fingerprint density at radius 1 is 1.29 bits per heavy atom. The van der Waals surface area contributed by atoms with E-state index in [9.17, 15) is 5.11 Å². The molecule has 0 aliphatic heterocycles. The molecule has 1 aromatic rings. The number of allylic oxidation sites excluding steroid dienone is 1. The first-order chi connectivity index (χ1) is 8.18.